The summed E-state index contributed by atoms with van der Waals surface area (Å²) >= 11 is 3.21. The van der Waals surface area contributed by atoms with Crippen LogP contribution < -0.4 is 10.6 Å². The van der Waals surface area contributed by atoms with Crippen LogP contribution in [0.5, 0.6) is 0 Å². The highest BCUT2D eigenvalue weighted by atomic mass is 79.9. The molecule has 1 heterocycles. The lowest BCUT2D eigenvalue weighted by Crippen LogP contribution is -2.16. The second kappa shape index (κ2) is 6.62. The zero-order valence-electron chi connectivity index (χ0n) is 11.1. The molecular formula is C14H12BrF2N3O. The van der Waals surface area contributed by atoms with Crippen LogP contribution in [0.15, 0.2) is 34.9 Å². The predicted molar refractivity (Wildman–Crippen MR) is 80.4 cm³/mol. The number of carbonyl (C=O) groups excluding carboxylic acids is 1. The molecule has 0 saturated heterocycles. The van der Waals surface area contributed by atoms with Crippen molar-refractivity contribution in [3.63, 3.8) is 0 Å². The molecule has 1 aromatic heterocycles. The third-order valence-electron chi connectivity index (χ3n) is 2.62. The summed E-state index contributed by atoms with van der Waals surface area (Å²) in [6, 6.07) is 4.97. The molecule has 1 aromatic carbocycles. The Hall–Kier alpha value is -2.02. The number of hydrogen-bond donors (Lipinski definition) is 2. The number of hydrogen-bond acceptors (Lipinski definition) is 3. The maximum absolute atomic E-state index is 13.3. The molecule has 1 amide bonds. The number of benzene rings is 1. The van der Waals surface area contributed by atoms with Gasteiger partial charge in [0.1, 0.15) is 17.5 Å². The Balaban J connectivity index is 2.31. The van der Waals surface area contributed by atoms with Gasteiger partial charge in [0.05, 0.1) is 17.4 Å². The minimum Gasteiger partial charge on any atom is -0.370 e. The van der Waals surface area contributed by atoms with E-state index in [1.54, 1.807) is 0 Å². The Morgan fingerprint density at radius 1 is 1.29 bits per heavy atom. The van der Waals surface area contributed by atoms with Gasteiger partial charge >= 0.3 is 0 Å². The average molecular weight is 356 g/mol. The van der Waals surface area contributed by atoms with Crippen LogP contribution in [0.1, 0.15) is 17.3 Å². The smallest absolute Gasteiger partial charge is 0.259 e. The van der Waals surface area contributed by atoms with Gasteiger partial charge in [0.2, 0.25) is 0 Å². The van der Waals surface area contributed by atoms with Gasteiger partial charge in [-0.25, -0.2) is 13.8 Å². The number of halogens is 3. The highest BCUT2D eigenvalue weighted by molar-refractivity contribution is 9.10. The zero-order valence-corrected chi connectivity index (χ0v) is 12.7. The number of nitrogens with one attached hydrogen (secondary N) is 2. The van der Waals surface area contributed by atoms with Crippen molar-refractivity contribution in [3.05, 3.63) is 52.1 Å². The van der Waals surface area contributed by atoms with Gasteiger partial charge in [0, 0.05) is 11.0 Å². The summed E-state index contributed by atoms with van der Waals surface area (Å²) in [5.74, 6) is -1.42. The van der Waals surface area contributed by atoms with Crippen LogP contribution in [0.4, 0.5) is 20.3 Å². The van der Waals surface area contributed by atoms with Gasteiger partial charge in [0.15, 0.2) is 0 Å². The Kier molecular flexibility index (Phi) is 4.85. The molecule has 2 aromatic rings. The molecule has 0 aliphatic heterocycles. The van der Waals surface area contributed by atoms with Crippen LogP contribution in [0.2, 0.25) is 0 Å². The van der Waals surface area contributed by atoms with Gasteiger partial charge in [-0.3, -0.25) is 4.79 Å². The molecular weight excluding hydrogens is 344 g/mol. The van der Waals surface area contributed by atoms with Crippen molar-refractivity contribution in [3.8, 4) is 0 Å². The summed E-state index contributed by atoms with van der Waals surface area (Å²) in [4.78, 5) is 16.1. The number of nitrogens with zero attached hydrogens (tertiary/aromatic N) is 1. The van der Waals surface area contributed by atoms with Crippen molar-refractivity contribution in [2.24, 2.45) is 0 Å². The maximum Gasteiger partial charge on any atom is 0.259 e. The molecule has 0 spiro atoms. The first-order valence-electron chi connectivity index (χ1n) is 6.17. The van der Waals surface area contributed by atoms with Crippen LogP contribution in [-0.2, 0) is 0 Å². The molecule has 0 aliphatic carbocycles. The molecule has 21 heavy (non-hydrogen) atoms. The summed E-state index contributed by atoms with van der Waals surface area (Å²) in [6.07, 6.45) is 1.02. The number of aromatic nitrogens is 1. The lowest BCUT2D eigenvalue weighted by molar-refractivity contribution is 0.102. The molecule has 7 heteroatoms. The fraction of sp³-hybridized carbons (Fsp3) is 0.143. The Labute approximate surface area is 128 Å². The normalized spacial score (nSPS) is 10.3. The number of pyridine rings is 1. The van der Waals surface area contributed by atoms with Crippen LogP contribution >= 0.6 is 15.9 Å². The monoisotopic (exact) mass is 355 g/mol. The topological polar surface area (TPSA) is 54.0 Å². The fourth-order valence-corrected chi connectivity index (χ4v) is 2.05. The van der Waals surface area contributed by atoms with Gasteiger partial charge in [-0.15, -0.1) is 0 Å². The minimum atomic E-state index is -0.625. The molecule has 0 fully saturated rings. The summed E-state index contributed by atoms with van der Waals surface area (Å²) in [7, 11) is 0. The standard InChI is InChI=1S/C14H12BrF2N3O/c1-2-18-13-10(5-9(17)7-19-13)14(21)20-12-6-8(16)3-4-11(12)15/h3-7H,2H2,1H3,(H,18,19)(H,20,21). The number of carbonyl (C=O) groups is 1. The van der Waals surface area contributed by atoms with Crippen LogP contribution in [-0.4, -0.2) is 17.4 Å². The molecule has 0 bridgehead atoms. The lowest BCUT2D eigenvalue weighted by Gasteiger charge is -2.11. The second-order valence-electron chi connectivity index (χ2n) is 4.16. The van der Waals surface area contributed by atoms with Crippen LogP contribution in [0, 0.1) is 11.6 Å². The van der Waals surface area contributed by atoms with E-state index in [2.05, 4.69) is 31.5 Å². The largest absolute Gasteiger partial charge is 0.370 e. The first-order chi connectivity index (χ1) is 10.0. The van der Waals surface area contributed by atoms with Gasteiger partial charge in [-0.05, 0) is 47.1 Å². The Morgan fingerprint density at radius 2 is 2.05 bits per heavy atom. The predicted octanol–water partition coefficient (Wildman–Crippen LogP) is 3.81. The third kappa shape index (κ3) is 3.75. The van der Waals surface area contributed by atoms with Crippen LogP contribution in [0.3, 0.4) is 0 Å². The van der Waals surface area contributed by atoms with Crippen molar-refractivity contribution in [1.82, 2.24) is 4.98 Å². The molecule has 4 nitrogen and oxygen atoms in total. The molecule has 0 atom stereocenters. The SMILES string of the molecule is CCNc1ncc(F)cc1C(=O)Nc1cc(F)ccc1Br. The first kappa shape index (κ1) is 15.4. The summed E-state index contributed by atoms with van der Waals surface area (Å²) < 4.78 is 27.0. The van der Waals surface area contributed by atoms with Crippen molar-refractivity contribution in [1.29, 1.82) is 0 Å². The minimum absolute atomic E-state index is 0.0491. The van der Waals surface area contributed by atoms with Crippen molar-refractivity contribution in [2.75, 3.05) is 17.2 Å². The van der Waals surface area contributed by atoms with Crippen LogP contribution in [0.25, 0.3) is 0 Å². The van der Waals surface area contributed by atoms with Gasteiger partial charge in [0.25, 0.3) is 5.91 Å². The summed E-state index contributed by atoms with van der Waals surface area (Å²) in [5.41, 5.74) is 0.305. The number of rotatable bonds is 4. The van der Waals surface area contributed by atoms with Crippen molar-refractivity contribution in [2.45, 2.75) is 6.92 Å². The number of amides is 1. The summed E-state index contributed by atoms with van der Waals surface area (Å²) in [6.45, 7) is 2.36. The summed E-state index contributed by atoms with van der Waals surface area (Å²) in [5, 5.41) is 5.39. The molecule has 2 N–H and O–H groups in total. The average Bonchev–Trinajstić information content (AvgIpc) is 2.45. The van der Waals surface area contributed by atoms with Gasteiger partial charge < -0.3 is 10.6 Å². The fourth-order valence-electron chi connectivity index (χ4n) is 1.70. The molecule has 0 unspecified atom stereocenters. The van der Waals surface area contributed by atoms with E-state index in [1.165, 1.54) is 18.2 Å². The van der Waals surface area contributed by atoms with E-state index in [0.29, 0.717) is 11.0 Å². The Bertz CT molecular complexity index is 679. The van der Waals surface area contributed by atoms with E-state index in [1.807, 2.05) is 6.92 Å². The highest BCUT2D eigenvalue weighted by Crippen LogP contribution is 2.24. The van der Waals surface area contributed by atoms with E-state index in [-0.39, 0.29) is 17.1 Å². The van der Waals surface area contributed by atoms with Crippen molar-refractivity contribution >= 4 is 33.3 Å². The van der Waals surface area contributed by atoms with Crippen molar-refractivity contribution < 1.29 is 13.6 Å². The second-order valence-corrected chi connectivity index (χ2v) is 5.01. The lowest BCUT2D eigenvalue weighted by atomic mass is 10.2. The van der Waals surface area contributed by atoms with Gasteiger partial charge in [-0.1, -0.05) is 0 Å². The molecule has 2 rings (SSSR count). The van der Waals surface area contributed by atoms with E-state index < -0.39 is 17.5 Å². The quantitative estimate of drug-likeness (QED) is 0.876. The van der Waals surface area contributed by atoms with E-state index >= 15 is 0 Å². The van der Waals surface area contributed by atoms with Gasteiger partial charge in [-0.2, -0.15) is 0 Å². The molecule has 0 radical (unpaired) electrons. The first-order valence-corrected chi connectivity index (χ1v) is 6.96. The third-order valence-corrected chi connectivity index (χ3v) is 3.31. The molecule has 110 valence electrons. The van der Waals surface area contributed by atoms with E-state index in [4.69, 9.17) is 0 Å². The number of anilines is 2. The molecule has 0 aliphatic rings. The van der Waals surface area contributed by atoms with E-state index in [0.717, 1.165) is 12.3 Å². The molecule has 0 saturated carbocycles. The Morgan fingerprint density at radius 3 is 2.76 bits per heavy atom. The zero-order chi connectivity index (χ0) is 15.4. The van der Waals surface area contributed by atoms with E-state index in [9.17, 15) is 13.6 Å². The highest BCUT2D eigenvalue weighted by Gasteiger charge is 2.15. The maximum atomic E-state index is 13.3.